The molecule has 0 saturated heterocycles. The fourth-order valence-corrected chi connectivity index (χ4v) is 2.64. The summed E-state index contributed by atoms with van der Waals surface area (Å²) in [5.74, 6) is -0.483. The van der Waals surface area contributed by atoms with Crippen LogP contribution in [0.5, 0.6) is 0 Å². The van der Waals surface area contributed by atoms with Crippen molar-refractivity contribution in [2.75, 3.05) is 6.54 Å². The molecule has 4 nitrogen and oxygen atoms in total. The minimum absolute atomic E-state index is 0.114. The summed E-state index contributed by atoms with van der Waals surface area (Å²) >= 11 is 0. The van der Waals surface area contributed by atoms with Crippen molar-refractivity contribution in [1.29, 1.82) is 0 Å². The van der Waals surface area contributed by atoms with Crippen molar-refractivity contribution in [2.24, 2.45) is 11.3 Å². The lowest BCUT2D eigenvalue weighted by atomic mass is 9.80. The number of aromatic amines is 1. The summed E-state index contributed by atoms with van der Waals surface area (Å²) in [6.07, 6.45) is -0.510. The molecule has 0 aliphatic carbocycles. The molecule has 5 heteroatoms. The molecule has 0 fully saturated rings. The number of hydrogen-bond donors (Lipinski definition) is 3. The van der Waals surface area contributed by atoms with Crippen LogP contribution in [0.3, 0.4) is 0 Å². The molecular formula is C17H23FN2O2. The van der Waals surface area contributed by atoms with E-state index in [1.165, 1.54) is 12.1 Å². The van der Waals surface area contributed by atoms with E-state index in [1.807, 2.05) is 27.7 Å². The van der Waals surface area contributed by atoms with Gasteiger partial charge in [-0.3, -0.25) is 4.79 Å². The minimum atomic E-state index is -0.510. The predicted octanol–water partition coefficient (Wildman–Crippen LogP) is 3.08. The standard InChI is InChI=1S/C17H23FN2O2/c1-10(2)15(21)17(3,4)9-19-16(22)14-8-11-7-12(18)5-6-13(11)20-14/h5-8,10,15,20-21H,9H2,1-4H3,(H,19,22). The van der Waals surface area contributed by atoms with Gasteiger partial charge in [0, 0.05) is 22.9 Å². The molecule has 0 radical (unpaired) electrons. The van der Waals surface area contributed by atoms with Crippen LogP contribution in [0, 0.1) is 17.2 Å². The number of aliphatic hydroxyl groups is 1. The first-order chi connectivity index (χ1) is 10.2. The molecule has 1 heterocycles. The van der Waals surface area contributed by atoms with Gasteiger partial charge in [0.15, 0.2) is 0 Å². The summed E-state index contributed by atoms with van der Waals surface area (Å²) in [5, 5.41) is 13.7. The van der Waals surface area contributed by atoms with E-state index in [-0.39, 0.29) is 17.6 Å². The monoisotopic (exact) mass is 306 g/mol. The van der Waals surface area contributed by atoms with Gasteiger partial charge in [0.25, 0.3) is 5.91 Å². The van der Waals surface area contributed by atoms with Gasteiger partial charge in [-0.05, 0) is 30.2 Å². The van der Waals surface area contributed by atoms with E-state index in [0.29, 0.717) is 23.1 Å². The van der Waals surface area contributed by atoms with Crippen molar-refractivity contribution in [3.8, 4) is 0 Å². The van der Waals surface area contributed by atoms with Gasteiger partial charge in [0.05, 0.1) is 6.10 Å². The number of H-pyrrole nitrogens is 1. The Labute approximate surface area is 129 Å². The molecule has 1 atom stereocenters. The molecule has 0 saturated carbocycles. The molecule has 2 aromatic rings. The van der Waals surface area contributed by atoms with Crippen LogP contribution in [-0.4, -0.2) is 28.6 Å². The van der Waals surface area contributed by atoms with Gasteiger partial charge >= 0.3 is 0 Å². The number of aliphatic hydroxyl groups excluding tert-OH is 1. The van der Waals surface area contributed by atoms with Crippen molar-refractivity contribution < 1.29 is 14.3 Å². The number of hydrogen-bond acceptors (Lipinski definition) is 2. The van der Waals surface area contributed by atoms with E-state index in [1.54, 1.807) is 12.1 Å². The fourth-order valence-electron chi connectivity index (χ4n) is 2.64. The van der Waals surface area contributed by atoms with Crippen LogP contribution in [0.15, 0.2) is 24.3 Å². The molecule has 22 heavy (non-hydrogen) atoms. The number of carbonyl (C=O) groups excluding carboxylic acids is 1. The Balaban J connectivity index is 2.08. The van der Waals surface area contributed by atoms with Crippen LogP contribution >= 0.6 is 0 Å². The lowest BCUT2D eigenvalue weighted by Crippen LogP contribution is -2.43. The van der Waals surface area contributed by atoms with Crippen LogP contribution in [-0.2, 0) is 0 Å². The van der Waals surface area contributed by atoms with Gasteiger partial charge in [0.2, 0.25) is 0 Å². The summed E-state index contributed by atoms with van der Waals surface area (Å²) in [7, 11) is 0. The normalized spacial score (nSPS) is 13.6. The molecule has 1 aromatic heterocycles. The van der Waals surface area contributed by atoms with Crippen LogP contribution in [0.4, 0.5) is 4.39 Å². The SMILES string of the molecule is CC(C)C(O)C(C)(C)CNC(=O)c1cc2cc(F)ccc2[nH]1. The number of benzene rings is 1. The smallest absolute Gasteiger partial charge is 0.267 e. The Bertz CT molecular complexity index is 676. The number of carbonyl (C=O) groups is 1. The third-order valence-corrected chi connectivity index (χ3v) is 3.96. The van der Waals surface area contributed by atoms with E-state index in [2.05, 4.69) is 10.3 Å². The highest BCUT2D eigenvalue weighted by Gasteiger charge is 2.30. The van der Waals surface area contributed by atoms with Gasteiger partial charge in [-0.1, -0.05) is 27.7 Å². The Hall–Kier alpha value is -1.88. The average molecular weight is 306 g/mol. The van der Waals surface area contributed by atoms with Gasteiger partial charge in [-0.25, -0.2) is 4.39 Å². The number of amides is 1. The molecule has 2 rings (SSSR count). The molecule has 1 aromatic carbocycles. The molecule has 0 spiro atoms. The second kappa shape index (κ2) is 6.08. The summed E-state index contributed by atoms with van der Waals surface area (Å²) in [5.41, 5.74) is 0.672. The van der Waals surface area contributed by atoms with E-state index < -0.39 is 11.5 Å². The minimum Gasteiger partial charge on any atom is -0.392 e. The highest BCUT2D eigenvalue weighted by molar-refractivity contribution is 5.98. The van der Waals surface area contributed by atoms with Crippen LogP contribution in [0.25, 0.3) is 10.9 Å². The Morgan fingerprint density at radius 2 is 2.05 bits per heavy atom. The predicted molar refractivity (Wildman–Crippen MR) is 85.2 cm³/mol. The summed E-state index contributed by atoms with van der Waals surface area (Å²) < 4.78 is 13.2. The molecule has 3 N–H and O–H groups in total. The number of rotatable bonds is 5. The number of aromatic nitrogens is 1. The average Bonchev–Trinajstić information content (AvgIpc) is 2.86. The summed E-state index contributed by atoms with van der Waals surface area (Å²) in [6.45, 7) is 8.08. The maximum absolute atomic E-state index is 13.2. The molecule has 1 unspecified atom stereocenters. The van der Waals surface area contributed by atoms with Crippen molar-refractivity contribution in [3.63, 3.8) is 0 Å². The maximum atomic E-state index is 13.2. The molecule has 1 amide bonds. The zero-order chi connectivity index (χ0) is 16.5. The highest BCUT2D eigenvalue weighted by atomic mass is 19.1. The molecular weight excluding hydrogens is 283 g/mol. The van der Waals surface area contributed by atoms with Crippen LogP contribution < -0.4 is 5.32 Å². The second-order valence-electron chi connectivity index (χ2n) is 6.77. The molecule has 120 valence electrons. The van der Waals surface area contributed by atoms with Gasteiger partial charge < -0.3 is 15.4 Å². The summed E-state index contributed by atoms with van der Waals surface area (Å²) in [4.78, 5) is 15.2. The fraction of sp³-hybridized carbons (Fsp3) is 0.471. The number of nitrogens with one attached hydrogen (secondary N) is 2. The van der Waals surface area contributed by atoms with E-state index in [9.17, 15) is 14.3 Å². The van der Waals surface area contributed by atoms with Crippen molar-refractivity contribution in [2.45, 2.75) is 33.8 Å². The quantitative estimate of drug-likeness (QED) is 0.795. The Kier molecular flexibility index (Phi) is 4.56. The topological polar surface area (TPSA) is 65.1 Å². The third kappa shape index (κ3) is 3.47. The van der Waals surface area contributed by atoms with Crippen LogP contribution in [0.1, 0.15) is 38.2 Å². The third-order valence-electron chi connectivity index (χ3n) is 3.96. The lowest BCUT2D eigenvalue weighted by molar-refractivity contribution is 0.0138. The van der Waals surface area contributed by atoms with Crippen molar-refractivity contribution in [1.82, 2.24) is 10.3 Å². The first kappa shape index (κ1) is 16.5. The zero-order valence-corrected chi connectivity index (χ0v) is 13.4. The second-order valence-corrected chi connectivity index (χ2v) is 6.77. The Morgan fingerprint density at radius 1 is 1.36 bits per heavy atom. The highest BCUT2D eigenvalue weighted by Crippen LogP contribution is 2.25. The first-order valence-corrected chi connectivity index (χ1v) is 7.45. The largest absolute Gasteiger partial charge is 0.392 e. The maximum Gasteiger partial charge on any atom is 0.267 e. The van der Waals surface area contributed by atoms with Gasteiger partial charge in [0.1, 0.15) is 11.5 Å². The summed E-state index contributed by atoms with van der Waals surface area (Å²) in [6, 6.07) is 5.96. The van der Waals surface area contributed by atoms with Gasteiger partial charge in [-0.2, -0.15) is 0 Å². The van der Waals surface area contributed by atoms with E-state index in [0.717, 1.165) is 0 Å². The van der Waals surface area contributed by atoms with E-state index >= 15 is 0 Å². The van der Waals surface area contributed by atoms with Crippen molar-refractivity contribution >= 4 is 16.8 Å². The van der Waals surface area contributed by atoms with Crippen LogP contribution in [0.2, 0.25) is 0 Å². The van der Waals surface area contributed by atoms with Crippen molar-refractivity contribution in [3.05, 3.63) is 35.8 Å². The van der Waals surface area contributed by atoms with Gasteiger partial charge in [-0.15, -0.1) is 0 Å². The Morgan fingerprint density at radius 3 is 2.68 bits per heavy atom. The first-order valence-electron chi connectivity index (χ1n) is 7.45. The van der Waals surface area contributed by atoms with E-state index in [4.69, 9.17) is 0 Å². The molecule has 0 bridgehead atoms. The number of fused-ring (bicyclic) bond motifs is 1. The number of halogens is 1. The molecule has 0 aliphatic heterocycles. The zero-order valence-electron chi connectivity index (χ0n) is 13.4. The molecule has 0 aliphatic rings. The lowest BCUT2D eigenvalue weighted by Gasteiger charge is -2.33.